The van der Waals surface area contributed by atoms with Crippen LogP contribution in [0.25, 0.3) is 22.4 Å². The molecule has 6 rings (SSSR count). The first kappa shape index (κ1) is 22.7. The summed E-state index contributed by atoms with van der Waals surface area (Å²) < 4.78 is 4.89. The van der Waals surface area contributed by atoms with Gasteiger partial charge in [-0.25, -0.2) is 14.3 Å². The molecule has 10 nitrogen and oxygen atoms in total. The minimum atomic E-state index is -1.06. The van der Waals surface area contributed by atoms with Gasteiger partial charge in [0.15, 0.2) is 5.65 Å². The van der Waals surface area contributed by atoms with Gasteiger partial charge in [-0.3, -0.25) is 14.2 Å². The van der Waals surface area contributed by atoms with Crippen molar-refractivity contribution in [2.24, 2.45) is 5.41 Å². The van der Waals surface area contributed by atoms with Crippen LogP contribution in [-0.4, -0.2) is 63.7 Å². The van der Waals surface area contributed by atoms with Crippen molar-refractivity contribution in [1.82, 2.24) is 34.0 Å². The third-order valence-corrected chi connectivity index (χ3v) is 7.60. The Hall–Kier alpha value is -3.79. The van der Waals surface area contributed by atoms with Gasteiger partial charge in [-0.2, -0.15) is 10.2 Å². The van der Waals surface area contributed by atoms with Crippen molar-refractivity contribution >= 4 is 16.9 Å². The summed E-state index contributed by atoms with van der Waals surface area (Å²) in [4.78, 5) is 32.2. The molecule has 1 saturated heterocycles. The van der Waals surface area contributed by atoms with Crippen LogP contribution in [0.2, 0.25) is 0 Å². The average molecular weight is 488 g/mol. The number of aromatic nitrogens is 6. The summed E-state index contributed by atoms with van der Waals surface area (Å²) in [6.07, 6.45) is 7.64. The minimum absolute atomic E-state index is 0.136. The van der Waals surface area contributed by atoms with Crippen molar-refractivity contribution in [2.75, 3.05) is 13.1 Å². The fourth-order valence-electron chi connectivity index (χ4n) is 4.94. The van der Waals surface area contributed by atoms with Crippen molar-refractivity contribution < 1.29 is 9.90 Å². The molecule has 2 aliphatic rings. The highest BCUT2D eigenvalue weighted by molar-refractivity contribution is 5.85. The van der Waals surface area contributed by atoms with Crippen LogP contribution in [0.3, 0.4) is 0 Å². The molecule has 186 valence electrons. The van der Waals surface area contributed by atoms with Crippen molar-refractivity contribution in [2.45, 2.75) is 51.7 Å². The number of aliphatic hydroxyl groups is 1. The number of nitrogens with zero attached hydrogens (tertiary/aromatic N) is 7. The van der Waals surface area contributed by atoms with Gasteiger partial charge in [0.1, 0.15) is 11.7 Å². The van der Waals surface area contributed by atoms with Crippen molar-refractivity contribution in [3.05, 3.63) is 65.1 Å². The Kier molecular flexibility index (Phi) is 5.11. The smallest absolute Gasteiger partial charge is 0.264 e. The molecule has 10 heteroatoms. The van der Waals surface area contributed by atoms with Gasteiger partial charge in [-0.05, 0) is 62.9 Å². The average Bonchev–Trinajstić information content (AvgIpc) is 3.26. The molecular formula is C26H29N7O3. The van der Waals surface area contributed by atoms with Crippen molar-refractivity contribution in [3.63, 3.8) is 0 Å². The van der Waals surface area contributed by atoms with Crippen LogP contribution >= 0.6 is 0 Å². The van der Waals surface area contributed by atoms with E-state index in [1.807, 2.05) is 55.3 Å². The van der Waals surface area contributed by atoms with Gasteiger partial charge in [0.25, 0.3) is 5.56 Å². The van der Waals surface area contributed by atoms with Crippen molar-refractivity contribution in [1.29, 1.82) is 0 Å². The number of carbonyl (C=O) groups is 1. The lowest BCUT2D eigenvalue weighted by Gasteiger charge is -2.39. The molecule has 4 heterocycles. The number of hydrogen-bond donors (Lipinski definition) is 1. The number of aryl methyl sites for hydroxylation is 1. The zero-order valence-electron chi connectivity index (χ0n) is 20.5. The molecule has 1 aliphatic heterocycles. The molecule has 1 N–H and O–H groups in total. The molecule has 0 atom stereocenters. The monoisotopic (exact) mass is 487 g/mol. The third-order valence-electron chi connectivity index (χ3n) is 7.60. The van der Waals surface area contributed by atoms with Crippen LogP contribution in [0.15, 0.2) is 53.8 Å². The van der Waals surface area contributed by atoms with E-state index < -0.39 is 5.60 Å². The lowest BCUT2D eigenvalue weighted by atomic mass is 9.90. The molecule has 0 bridgehead atoms. The first-order chi connectivity index (χ1) is 17.2. The number of benzene rings is 1. The number of amides is 1. The maximum atomic E-state index is 13.2. The van der Waals surface area contributed by atoms with Gasteiger partial charge in [0, 0.05) is 24.7 Å². The summed E-state index contributed by atoms with van der Waals surface area (Å²) in [6.45, 7) is 5.09. The highest BCUT2D eigenvalue weighted by Gasteiger charge is 2.48. The fourth-order valence-corrected chi connectivity index (χ4v) is 4.94. The van der Waals surface area contributed by atoms with Gasteiger partial charge in [0.2, 0.25) is 5.91 Å². The molecule has 1 amide bonds. The molecule has 2 fully saturated rings. The summed E-state index contributed by atoms with van der Waals surface area (Å²) >= 11 is 0. The van der Waals surface area contributed by atoms with Crippen LogP contribution in [0.5, 0.6) is 0 Å². The zero-order chi connectivity index (χ0) is 25.1. The highest BCUT2D eigenvalue weighted by atomic mass is 16.3. The summed E-state index contributed by atoms with van der Waals surface area (Å²) in [6, 6.07) is 9.63. The van der Waals surface area contributed by atoms with Crippen LogP contribution < -0.4 is 5.56 Å². The van der Waals surface area contributed by atoms with E-state index in [0.717, 1.165) is 29.9 Å². The SMILES string of the molecule is Cc1ccn(-c2ccc(-n3ncc4c(=O)n(CC5(O)CCN(C(=O)C6(C)CC6)CC5)cnc43)cc2)n1. The Morgan fingerprint density at radius 1 is 1.06 bits per heavy atom. The molecule has 36 heavy (non-hydrogen) atoms. The van der Waals surface area contributed by atoms with E-state index in [4.69, 9.17) is 0 Å². The standard InChI is InChI=1S/C26H29N7O3/c1-18-7-12-32(29-18)19-3-5-20(6-4-19)33-22-21(15-28-33)23(34)31(17-27-22)16-26(36)10-13-30(14-11-26)24(35)25(2)8-9-25/h3-7,12,15,17,36H,8-11,13-14,16H2,1-2H3. The second-order valence-corrected chi connectivity index (χ2v) is 10.5. The van der Waals surface area contributed by atoms with Gasteiger partial charge in [0.05, 0.1) is 35.4 Å². The van der Waals surface area contributed by atoms with E-state index >= 15 is 0 Å². The minimum Gasteiger partial charge on any atom is -0.388 e. The quantitative estimate of drug-likeness (QED) is 0.462. The number of piperidine rings is 1. The normalized spacial score (nSPS) is 18.5. The number of hydrogen-bond acceptors (Lipinski definition) is 6. The van der Waals surface area contributed by atoms with Crippen LogP contribution in [0, 0.1) is 12.3 Å². The van der Waals surface area contributed by atoms with Gasteiger partial charge in [-0.1, -0.05) is 6.92 Å². The Morgan fingerprint density at radius 2 is 1.75 bits per heavy atom. The summed E-state index contributed by atoms with van der Waals surface area (Å²) in [5.41, 5.74) is 1.59. The van der Waals surface area contributed by atoms with Crippen molar-refractivity contribution in [3.8, 4) is 11.4 Å². The molecule has 0 radical (unpaired) electrons. The Labute approximate surface area is 207 Å². The molecule has 0 unspecified atom stereocenters. The molecule has 0 spiro atoms. The number of rotatable bonds is 5. The van der Waals surface area contributed by atoms with Gasteiger partial charge in [-0.15, -0.1) is 0 Å². The lowest BCUT2D eigenvalue weighted by molar-refractivity contribution is -0.141. The van der Waals surface area contributed by atoms with Gasteiger partial charge < -0.3 is 10.0 Å². The largest absolute Gasteiger partial charge is 0.388 e. The fraction of sp³-hybridized carbons (Fsp3) is 0.423. The van der Waals surface area contributed by atoms with Crippen LogP contribution in [0.4, 0.5) is 0 Å². The summed E-state index contributed by atoms with van der Waals surface area (Å²) in [5, 5.41) is 20.4. The zero-order valence-corrected chi connectivity index (χ0v) is 20.5. The van der Waals surface area contributed by atoms with E-state index in [1.54, 1.807) is 9.36 Å². The lowest BCUT2D eigenvalue weighted by Crippen LogP contribution is -2.51. The molecule has 3 aromatic heterocycles. The first-order valence-corrected chi connectivity index (χ1v) is 12.3. The van der Waals surface area contributed by atoms with E-state index in [0.29, 0.717) is 37.0 Å². The van der Waals surface area contributed by atoms with E-state index in [-0.39, 0.29) is 23.4 Å². The molecule has 1 aromatic carbocycles. The number of likely N-dealkylation sites (tertiary alicyclic amines) is 1. The maximum Gasteiger partial charge on any atom is 0.264 e. The number of carbonyl (C=O) groups excluding carboxylic acids is 1. The van der Waals surface area contributed by atoms with Crippen LogP contribution in [-0.2, 0) is 11.3 Å². The summed E-state index contributed by atoms with van der Waals surface area (Å²) in [5.74, 6) is 0.185. The van der Waals surface area contributed by atoms with Crippen LogP contribution in [0.1, 0.15) is 38.3 Å². The molecule has 1 aliphatic carbocycles. The maximum absolute atomic E-state index is 13.2. The first-order valence-electron chi connectivity index (χ1n) is 12.3. The Bertz CT molecular complexity index is 1500. The van der Waals surface area contributed by atoms with E-state index in [1.165, 1.54) is 17.1 Å². The topological polar surface area (TPSA) is 111 Å². The molecular weight excluding hydrogens is 458 g/mol. The molecule has 1 saturated carbocycles. The van der Waals surface area contributed by atoms with E-state index in [2.05, 4.69) is 15.2 Å². The second-order valence-electron chi connectivity index (χ2n) is 10.5. The number of fused-ring (bicyclic) bond motifs is 1. The Balaban J connectivity index is 1.20. The van der Waals surface area contributed by atoms with E-state index in [9.17, 15) is 14.7 Å². The third kappa shape index (κ3) is 3.91. The predicted octanol–water partition coefficient (Wildman–Crippen LogP) is 2.23. The van der Waals surface area contributed by atoms with Gasteiger partial charge >= 0.3 is 0 Å². The Morgan fingerprint density at radius 3 is 2.39 bits per heavy atom. The summed E-state index contributed by atoms with van der Waals surface area (Å²) in [7, 11) is 0. The molecule has 4 aromatic rings. The highest BCUT2D eigenvalue weighted by Crippen LogP contribution is 2.47. The second kappa shape index (κ2) is 8.12. The predicted molar refractivity (Wildman–Crippen MR) is 133 cm³/mol.